The molecule has 2 aliphatic heterocycles. The number of benzene rings is 2. The highest BCUT2D eigenvalue weighted by atomic mass is 16.2. The van der Waals surface area contributed by atoms with Gasteiger partial charge in [0.05, 0.1) is 17.4 Å². The highest BCUT2D eigenvalue weighted by molar-refractivity contribution is 6.12. The molecule has 5 heteroatoms. The van der Waals surface area contributed by atoms with Gasteiger partial charge in [-0.25, -0.2) is 0 Å². The fourth-order valence-electron chi connectivity index (χ4n) is 4.20. The fourth-order valence-corrected chi connectivity index (χ4v) is 4.20. The molecule has 0 unspecified atom stereocenters. The van der Waals surface area contributed by atoms with Gasteiger partial charge in [-0.15, -0.1) is 6.58 Å². The van der Waals surface area contributed by atoms with E-state index in [1.807, 2.05) is 61.5 Å². The van der Waals surface area contributed by atoms with E-state index in [1.165, 1.54) is 6.92 Å². The molecule has 27 heavy (non-hydrogen) atoms. The zero-order valence-corrected chi connectivity index (χ0v) is 15.6. The Morgan fingerprint density at radius 3 is 2.56 bits per heavy atom. The predicted molar refractivity (Wildman–Crippen MR) is 108 cm³/mol. The number of anilines is 3. The zero-order valence-electron chi connectivity index (χ0n) is 15.6. The van der Waals surface area contributed by atoms with Crippen molar-refractivity contribution in [3.05, 3.63) is 66.7 Å². The number of hydrogen-bond acceptors (Lipinski definition) is 4. The molecule has 4 rings (SSSR count). The number of nitrogens with one attached hydrogen (secondary N) is 1. The lowest BCUT2D eigenvalue weighted by atomic mass is 9.93. The fraction of sp³-hybridized carbons (Fsp3) is 0.273. The molecule has 0 aromatic heterocycles. The third-order valence-corrected chi connectivity index (χ3v) is 5.40. The molecule has 1 N–H and O–H groups in total. The van der Waals surface area contributed by atoms with Crippen molar-refractivity contribution >= 4 is 28.8 Å². The number of para-hydroxylation sites is 2. The van der Waals surface area contributed by atoms with Gasteiger partial charge in [-0.1, -0.05) is 35.9 Å². The molecule has 1 saturated heterocycles. The summed E-state index contributed by atoms with van der Waals surface area (Å²) in [6, 6.07) is 15.5. The maximum absolute atomic E-state index is 13.3. The number of hydrogen-bond donors (Lipinski definition) is 1. The maximum atomic E-state index is 13.3. The van der Waals surface area contributed by atoms with Crippen LogP contribution in [0.4, 0.5) is 17.1 Å². The second-order valence-electron chi connectivity index (χ2n) is 7.17. The molecule has 2 heterocycles. The minimum atomic E-state index is -0.711. The largest absolute Gasteiger partial charge is 0.361 e. The van der Waals surface area contributed by atoms with E-state index in [2.05, 4.69) is 16.8 Å². The van der Waals surface area contributed by atoms with Gasteiger partial charge in [0.15, 0.2) is 0 Å². The number of carbonyl (C=O) groups is 2. The first kappa shape index (κ1) is 17.3. The van der Waals surface area contributed by atoms with Gasteiger partial charge >= 0.3 is 0 Å². The topological polar surface area (TPSA) is 52.7 Å². The third kappa shape index (κ3) is 2.70. The van der Waals surface area contributed by atoms with Gasteiger partial charge in [0.1, 0.15) is 17.9 Å². The smallest absolute Gasteiger partial charge is 0.241 e. The molecule has 3 atom stereocenters. The van der Waals surface area contributed by atoms with Gasteiger partial charge in [-0.3, -0.25) is 14.5 Å². The quantitative estimate of drug-likeness (QED) is 0.670. The normalized spacial score (nSPS) is 23.5. The molecule has 2 aromatic rings. The van der Waals surface area contributed by atoms with E-state index in [0.29, 0.717) is 6.54 Å². The lowest BCUT2D eigenvalue weighted by Gasteiger charge is -2.43. The highest BCUT2D eigenvalue weighted by Gasteiger charge is 2.55. The summed E-state index contributed by atoms with van der Waals surface area (Å²) in [4.78, 5) is 29.7. The van der Waals surface area contributed by atoms with E-state index < -0.39 is 5.92 Å². The summed E-state index contributed by atoms with van der Waals surface area (Å²) >= 11 is 0. The molecule has 0 bridgehead atoms. The zero-order chi connectivity index (χ0) is 19.1. The van der Waals surface area contributed by atoms with Crippen LogP contribution in [0.2, 0.25) is 0 Å². The third-order valence-electron chi connectivity index (χ3n) is 5.40. The number of amides is 1. The molecule has 2 aliphatic rings. The molecule has 0 spiro atoms. The number of rotatable bonds is 4. The first-order chi connectivity index (χ1) is 13.0. The molecular formula is C22H23N3O2. The number of ketones is 1. The molecule has 2 aromatic carbocycles. The monoisotopic (exact) mass is 361 g/mol. The summed E-state index contributed by atoms with van der Waals surface area (Å²) < 4.78 is 0. The number of fused-ring (bicyclic) bond motifs is 2. The Bertz CT molecular complexity index is 906. The predicted octanol–water partition coefficient (Wildman–Crippen LogP) is 3.36. The summed E-state index contributed by atoms with van der Waals surface area (Å²) in [7, 11) is 0. The minimum absolute atomic E-state index is 0.111. The van der Waals surface area contributed by atoms with Crippen LogP contribution in [0.5, 0.6) is 0 Å². The first-order valence-corrected chi connectivity index (χ1v) is 9.16. The molecule has 0 saturated carbocycles. The molecule has 138 valence electrons. The Labute approximate surface area is 159 Å². The summed E-state index contributed by atoms with van der Waals surface area (Å²) in [6.45, 7) is 7.96. The molecule has 0 radical (unpaired) electrons. The van der Waals surface area contributed by atoms with Gasteiger partial charge in [-0.2, -0.15) is 0 Å². The summed E-state index contributed by atoms with van der Waals surface area (Å²) in [5.41, 5.74) is 3.87. The van der Waals surface area contributed by atoms with Crippen molar-refractivity contribution in [2.24, 2.45) is 5.92 Å². The maximum Gasteiger partial charge on any atom is 0.241 e. The minimum Gasteiger partial charge on any atom is -0.361 e. The van der Waals surface area contributed by atoms with E-state index in [-0.39, 0.29) is 23.9 Å². The highest BCUT2D eigenvalue weighted by Crippen LogP contribution is 2.43. The lowest BCUT2D eigenvalue weighted by molar-refractivity contribution is -0.129. The van der Waals surface area contributed by atoms with Crippen LogP contribution in [0.15, 0.2) is 61.2 Å². The van der Waals surface area contributed by atoms with Crippen molar-refractivity contribution in [3.63, 3.8) is 0 Å². The molecule has 5 nitrogen and oxygen atoms in total. The van der Waals surface area contributed by atoms with Gasteiger partial charge in [-0.05, 0) is 38.1 Å². The second-order valence-corrected chi connectivity index (χ2v) is 7.17. The van der Waals surface area contributed by atoms with Crippen LogP contribution in [-0.4, -0.2) is 30.4 Å². The second kappa shape index (κ2) is 6.58. The number of carbonyl (C=O) groups excluding carboxylic acids is 2. The van der Waals surface area contributed by atoms with Gasteiger partial charge in [0.25, 0.3) is 0 Å². The molecule has 1 amide bonds. The number of nitrogens with zero attached hydrogens (tertiary/aromatic N) is 2. The average molecular weight is 361 g/mol. The van der Waals surface area contributed by atoms with Crippen LogP contribution in [0.3, 0.4) is 0 Å². The van der Waals surface area contributed by atoms with Crippen molar-refractivity contribution in [3.8, 4) is 0 Å². The number of Topliss-reactive ketones (excluding diaryl/α,β-unsaturated/α-hetero) is 1. The number of aryl methyl sites for hydroxylation is 1. The van der Waals surface area contributed by atoms with Crippen LogP contribution in [0, 0.1) is 12.8 Å². The van der Waals surface area contributed by atoms with Crippen molar-refractivity contribution < 1.29 is 9.59 Å². The van der Waals surface area contributed by atoms with Gasteiger partial charge in [0, 0.05) is 12.2 Å². The molecule has 0 aliphatic carbocycles. The Hall–Kier alpha value is -3.08. The van der Waals surface area contributed by atoms with E-state index in [4.69, 9.17) is 0 Å². The average Bonchev–Trinajstić information content (AvgIpc) is 2.94. The van der Waals surface area contributed by atoms with E-state index in [0.717, 1.165) is 22.6 Å². The summed E-state index contributed by atoms with van der Waals surface area (Å²) in [6.07, 6.45) is 1.50. The van der Waals surface area contributed by atoms with Crippen LogP contribution in [0.1, 0.15) is 12.5 Å². The van der Waals surface area contributed by atoms with Crippen molar-refractivity contribution in [1.29, 1.82) is 0 Å². The first-order valence-electron chi connectivity index (χ1n) is 9.16. The Morgan fingerprint density at radius 1 is 1.19 bits per heavy atom. The van der Waals surface area contributed by atoms with Crippen molar-refractivity contribution in [2.45, 2.75) is 26.1 Å². The van der Waals surface area contributed by atoms with Crippen molar-refractivity contribution in [2.75, 3.05) is 21.7 Å². The van der Waals surface area contributed by atoms with Gasteiger partial charge in [0.2, 0.25) is 5.91 Å². The van der Waals surface area contributed by atoms with E-state index in [9.17, 15) is 9.59 Å². The SMILES string of the molecule is C=CCN1c2ccccc2N[C@@H]2[C@@H]1[C@@H](C(C)=O)C(=O)N2c1ccc(C)cc1. The van der Waals surface area contributed by atoms with Crippen LogP contribution in [0.25, 0.3) is 0 Å². The summed E-state index contributed by atoms with van der Waals surface area (Å²) in [5.74, 6) is -0.979. The Morgan fingerprint density at radius 2 is 1.89 bits per heavy atom. The van der Waals surface area contributed by atoms with Crippen LogP contribution < -0.4 is 15.1 Å². The molecule has 1 fully saturated rings. The molecular weight excluding hydrogens is 338 g/mol. The van der Waals surface area contributed by atoms with Crippen molar-refractivity contribution in [1.82, 2.24) is 0 Å². The lowest BCUT2D eigenvalue weighted by Crippen LogP contribution is -2.55. The Kier molecular flexibility index (Phi) is 4.22. The standard InChI is InChI=1S/C22H23N3O2/c1-4-13-24-18-8-6-5-7-17(18)23-21-20(24)19(15(3)26)22(27)25(21)16-11-9-14(2)10-12-16/h4-12,19-21,23H,1,13H2,2-3H3/t19-,20+,21+/m1/s1. The summed E-state index contributed by atoms with van der Waals surface area (Å²) in [5, 5.41) is 3.50. The van der Waals surface area contributed by atoms with E-state index in [1.54, 1.807) is 4.90 Å². The van der Waals surface area contributed by atoms with E-state index >= 15 is 0 Å². The van der Waals surface area contributed by atoms with Crippen LogP contribution in [-0.2, 0) is 9.59 Å². The Balaban J connectivity index is 1.86. The van der Waals surface area contributed by atoms with Crippen LogP contribution >= 0.6 is 0 Å². The van der Waals surface area contributed by atoms with Gasteiger partial charge < -0.3 is 10.2 Å².